The molecule has 2 aliphatic rings. The first-order valence-corrected chi connectivity index (χ1v) is 11.0. The van der Waals surface area contributed by atoms with E-state index in [1.807, 2.05) is 24.3 Å². The first-order valence-electron chi connectivity index (χ1n) is 11.0. The Bertz CT molecular complexity index is 1120. The van der Waals surface area contributed by atoms with Crippen molar-refractivity contribution < 1.29 is 18.9 Å². The van der Waals surface area contributed by atoms with Gasteiger partial charge in [0, 0.05) is 21.5 Å². The molecule has 4 bridgehead atoms. The van der Waals surface area contributed by atoms with Crippen molar-refractivity contribution in [3.05, 3.63) is 70.8 Å². The zero-order chi connectivity index (χ0) is 22.2. The van der Waals surface area contributed by atoms with Crippen molar-refractivity contribution in [2.45, 2.75) is 25.7 Å². The normalized spacial score (nSPS) is 13.1. The number of hydrogen-bond acceptors (Lipinski definition) is 4. The summed E-state index contributed by atoms with van der Waals surface area (Å²) in [7, 11) is 6.96. The van der Waals surface area contributed by atoms with E-state index in [2.05, 4.69) is 24.3 Å². The van der Waals surface area contributed by atoms with Gasteiger partial charge in [0.05, 0.1) is 28.4 Å². The molecule has 4 nitrogen and oxygen atoms in total. The van der Waals surface area contributed by atoms with Crippen molar-refractivity contribution in [2.75, 3.05) is 28.4 Å². The van der Waals surface area contributed by atoms with E-state index in [0.717, 1.165) is 70.2 Å². The van der Waals surface area contributed by atoms with Crippen LogP contribution < -0.4 is 18.9 Å². The fourth-order valence-corrected chi connectivity index (χ4v) is 5.19. The lowest BCUT2D eigenvalue weighted by Crippen LogP contribution is -2.04. The molecule has 0 N–H and O–H groups in total. The van der Waals surface area contributed by atoms with Gasteiger partial charge in [0.2, 0.25) is 0 Å². The van der Waals surface area contributed by atoms with Gasteiger partial charge in [0.1, 0.15) is 23.0 Å². The molecule has 0 amide bonds. The lowest BCUT2D eigenvalue weighted by molar-refractivity contribution is 0.409. The first kappa shape index (κ1) is 20.5. The zero-order valence-electron chi connectivity index (χ0n) is 19.1. The van der Waals surface area contributed by atoms with E-state index >= 15 is 0 Å². The number of hydrogen-bond donors (Lipinski definition) is 0. The van der Waals surface area contributed by atoms with Gasteiger partial charge in [-0.2, -0.15) is 0 Å². The van der Waals surface area contributed by atoms with Gasteiger partial charge >= 0.3 is 0 Å². The number of rotatable bonds is 4. The topological polar surface area (TPSA) is 36.9 Å². The van der Waals surface area contributed by atoms with Gasteiger partial charge in [-0.1, -0.05) is 24.3 Å². The smallest absolute Gasteiger partial charge is 0.127 e. The van der Waals surface area contributed by atoms with E-state index in [-0.39, 0.29) is 0 Å². The number of fused-ring (bicyclic) bond motifs is 4. The van der Waals surface area contributed by atoms with Crippen LogP contribution in [0.2, 0.25) is 0 Å². The van der Waals surface area contributed by atoms with Gasteiger partial charge in [0.15, 0.2) is 0 Å². The van der Waals surface area contributed by atoms with E-state index in [1.54, 1.807) is 28.4 Å². The highest BCUT2D eigenvalue weighted by molar-refractivity contribution is 6.00. The second-order valence-corrected chi connectivity index (χ2v) is 8.21. The second kappa shape index (κ2) is 8.27. The van der Waals surface area contributed by atoms with Crippen LogP contribution in [0.4, 0.5) is 0 Å². The Morgan fingerprint density at radius 2 is 0.594 bits per heavy atom. The number of aryl methyl sites for hydroxylation is 4. The van der Waals surface area contributed by atoms with Gasteiger partial charge in [-0.25, -0.2) is 0 Å². The minimum Gasteiger partial charge on any atom is -0.496 e. The van der Waals surface area contributed by atoms with Crippen molar-refractivity contribution in [3.8, 4) is 23.0 Å². The van der Waals surface area contributed by atoms with E-state index in [1.165, 1.54) is 22.3 Å². The third-order valence-corrected chi connectivity index (χ3v) is 6.72. The highest BCUT2D eigenvalue weighted by Gasteiger charge is 2.20. The van der Waals surface area contributed by atoms with Gasteiger partial charge in [0.25, 0.3) is 0 Å². The van der Waals surface area contributed by atoms with Gasteiger partial charge in [-0.05, 0) is 72.2 Å². The van der Waals surface area contributed by atoms with Crippen LogP contribution in [0.25, 0.3) is 21.5 Å². The Labute approximate surface area is 188 Å². The molecule has 0 heterocycles. The van der Waals surface area contributed by atoms with E-state index in [0.29, 0.717) is 0 Å². The quantitative estimate of drug-likeness (QED) is 0.405. The molecule has 2 aliphatic carbocycles. The molecule has 4 aromatic carbocycles. The molecule has 4 aromatic rings. The predicted octanol–water partition coefficient (Wildman–Crippen LogP) is 5.91. The largest absolute Gasteiger partial charge is 0.496 e. The SMILES string of the molecule is COc1ccc(OC)c2c3ccc(c12)CCc1ccc(c2c(OC)ccc(OC)c12)CC3. The van der Waals surface area contributed by atoms with Crippen LogP contribution in [0.15, 0.2) is 48.5 Å². The third kappa shape index (κ3) is 3.13. The van der Waals surface area contributed by atoms with Gasteiger partial charge in [-0.15, -0.1) is 0 Å². The average Bonchev–Trinajstić information content (AvgIpc) is 2.83. The van der Waals surface area contributed by atoms with Crippen molar-refractivity contribution in [1.82, 2.24) is 0 Å². The summed E-state index contributed by atoms with van der Waals surface area (Å²) in [6, 6.07) is 17.1. The maximum absolute atomic E-state index is 5.79. The van der Waals surface area contributed by atoms with Crippen molar-refractivity contribution in [2.24, 2.45) is 0 Å². The molecule has 0 aliphatic heterocycles. The summed E-state index contributed by atoms with van der Waals surface area (Å²) < 4.78 is 23.2. The zero-order valence-corrected chi connectivity index (χ0v) is 19.1. The fraction of sp³-hybridized carbons (Fsp3) is 0.286. The van der Waals surface area contributed by atoms with Crippen LogP contribution in [0, 0.1) is 0 Å². The molecule has 4 heteroatoms. The van der Waals surface area contributed by atoms with Crippen LogP contribution in [0.3, 0.4) is 0 Å². The van der Waals surface area contributed by atoms with E-state index in [9.17, 15) is 0 Å². The van der Waals surface area contributed by atoms with Crippen molar-refractivity contribution in [1.29, 1.82) is 0 Å². The molecule has 0 saturated heterocycles. The Balaban J connectivity index is 1.80. The van der Waals surface area contributed by atoms with Crippen LogP contribution in [0.5, 0.6) is 23.0 Å². The molecule has 0 fully saturated rings. The molecule has 0 saturated carbocycles. The Morgan fingerprint density at radius 3 is 0.781 bits per heavy atom. The van der Waals surface area contributed by atoms with Crippen molar-refractivity contribution >= 4 is 21.5 Å². The Hall–Kier alpha value is -3.40. The molecule has 0 radical (unpaired) electrons. The van der Waals surface area contributed by atoms with E-state index in [4.69, 9.17) is 18.9 Å². The minimum atomic E-state index is 0.884. The summed E-state index contributed by atoms with van der Waals surface area (Å²) in [5.41, 5.74) is 5.05. The number of methoxy groups -OCH3 is 4. The third-order valence-electron chi connectivity index (χ3n) is 6.72. The average molecular weight is 429 g/mol. The second-order valence-electron chi connectivity index (χ2n) is 8.21. The monoisotopic (exact) mass is 428 g/mol. The Kier molecular flexibility index (Phi) is 5.30. The standard InChI is InChI=1S/C28H28O4/c1-29-21-13-14-22(30-2)26-18-6-5-17(25(21)26)9-10-19-7-8-20(12-11-18)28-24(32-4)16-15-23(31-3)27(19)28/h5-8,13-16H,9-12H2,1-4H3. The number of ether oxygens (including phenoxy) is 4. The maximum Gasteiger partial charge on any atom is 0.127 e. The van der Waals surface area contributed by atoms with E-state index < -0.39 is 0 Å². The molecule has 0 atom stereocenters. The lowest BCUT2D eigenvalue weighted by atomic mass is 9.87. The summed E-state index contributed by atoms with van der Waals surface area (Å²) in [6.07, 6.45) is 3.54. The predicted molar refractivity (Wildman–Crippen MR) is 129 cm³/mol. The summed E-state index contributed by atoms with van der Waals surface area (Å²) in [5.74, 6) is 3.58. The van der Waals surface area contributed by atoms with Crippen LogP contribution in [-0.2, 0) is 25.7 Å². The van der Waals surface area contributed by atoms with Crippen molar-refractivity contribution in [3.63, 3.8) is 0 Å². The molecule has 0 unspecified atom stereocenters. The summed E-state index contributed by atoms with van der Waals surface area (Å²) in [4.78, 5) is 0. The molecule has 164 valence electrons. The molecular weight excluding hydrogens is 400 g/mol. The summed E-state index contributed by atoms with van der Waals surface area (Å²) in [6.45, 7) is 0. The molecule has 32 heavy (non-hydrogen) atoms. The first-order chi connectivity index (χ1) is 15.7. The summed E-state index contributed by atoms with van der Waals surface area (Å²) in [5, 5.41) is 4.64. The maximum atomic E-state index is 5.79. The molecule has 6 rings (SSSR count). The van der Waals surface area contributed by atoms with Crippen LogP contribution in [-0.4, -0.2) is 28.4 Å². The van der Waals surface area contributed by atoms with Crippen LogP contribution in [0.1, 0.15) is 22.3 Å². The van der Waals surface area contributed by atoms with Gasteiger partial charge in [-0.3, -0.25) is 0 Å². The fourth-order valence-electron chi connectivity index (χ4n) is 5.19. The lowest BCUT2D eigenvalue weighted by Gasteiger charge is -2.21. The molecule has 0 aromatic heterocycles. The van der Waals surface area contributed by atoms with Gasteiger partial charge < -0.3 is 18.9 Å². The minimum absolute atomic E-state index is 0.884. The highest BCUT2D eigenvalue weighted by Crippen LogP contribution is 2.42. The van der Waals surface area contributed by atoms with Crippen LogP contribution >= 0.6 is 0 Å². The number of benzene rings is 4. The Morgan fingerprint density at radius 1 is 0.375 bits per heavy atom. The summed E-state index contributed by atoms with van der Waals surface area (Å²) >= 11 is 0. The molecule has 0 spiro atoms. The molecular formula is C28H28O4. The highest BCUT2D eigenvalue weighted by atomic mass is 16.5.